The van der Waals surface area contributed by atoms with Crippen LogP contribution in [0.4, 0.5) is 0 Å². The second-order valence-corrected chi connectivity index (χ2v) is 5.68. The van der Waals surface area contributed by atoms with Gasteiger partial charge in [0.2, 0.25) is 0 Å². The molecule has 1 aliphatic rings. The Kier molecular flexibility index (Phi) is 5.07. The SMILES string of the molecule is CC(C)CN1CCC(N(C)C(C)C)CC1. The Morgan fingerprint density at radius 2 is 1.67 bits per heavy atom. The minimum Gasteiger partial charge on any atom is -0.303 e. The van der Waals surface area contributed by atoms with Gasteiger partial charge in [-0.05, 0) is 52.7 Å². The summed E-state index contributed by atoms with van der Waals surface area (Å²) in [6.45, 7) is 13.1. The molecule has 1 aliphatic heterocycles. The first kappa shape index (κ1) is 13.0. The predicted molar refractivity (Wildman–Crippen MR) is 67.2 cm³/mol. The number of nitrogens with zero attached hydrogens (tertiary/aromatic N) is 2. The summed E-state index contributed by atoms with van der Waals surface area (Å²) in [5.74, 6) is 0.810. The standard InChI is InChI=1S/C13H28N2/c1-11(2)10-15-8-6-13(7-9-15)14(5)12(3)4/h11-13H,6-10H2,1-5H3. The first-order valence-corrected chi connectivity index (χ1v) is 6.45. The van der Waals surface area contributed by atoms with Crippen LogP contribution in [-0.2, 0) is 0 Å². The van der Waals surface area contributed by atoms with Gasteiger partial charge in [-0.1, -0.05) is 13.8 Å². The minimum absolute atomic E-state index is 0.687. The first-order valence-electron chi connectivity index (χ1n) is 6.45. The van der Waals surface area contributed by atoms with Crippen molar-refractivity contribution in [2.45, 2.75) is 52.6 Å². The summed E-state index contributed by atoms with van der Waals surface area (Å²) in [7, 11) is 2.27. The third kappa shape index (κ3) is 4.12. The van der Waals surface area contributed by atoms with Gasteiger partial charge >= 0.3 is 0 Å². The average molecular weight is 212 g/mol. The molecule has 1 fully saturated rings. The highest BCUT2D eigenvalue weighted by Crippen LogP contribution is 2.17. The van der Waals surface area contributed by atoms with Crippen molar-refractivity contribution in [2.24, 2.45) is 5.92 Å². The zero-order chi connectivity index (χ0) is 11.4. The zero-order valence-corrected chi connectivity index (χ0v) is 11.2. The van der Waals surface area contributed by atoms with Crippen LogP contribution in [0, 0.1) is 5.92 Å². The molecule has 0 aromatic heterocycles. The van der Waals surface area contributed by atoms with Crippen molar-refractivity contribution in [3.8, 4) is 0 Å². The Morgan fingerprint density at radius 3 is 2.07 bits per heavy atom. The maximum Gasteiger partial charge on any atom is 0.0119 e. The average Bonchev–Trinajstić information content (AvgIpc) is 2.17. The number of rotatable bonds is 4. The molecule has 1 saturated heterocycles. The number of likely N-dealkylation sites (tertiary alicyclic amines) is 1. The van der Waals surface area contributed by atoms with Crippen LogP contribution < -0.4 is 0 Å². The van der Waals surface area contributed by atoms with Gasteiger partial charge in [0.15, 0.2) is 0 Å². The zero-order valence-electron chi connectivity index (χ0n) is 11.2. The van der Waals surface area contributed by atoms with Crippen molar-refractivity contribution >= 4 is 0 Å². The summed E-state index contributed by atoms with van der Waals surface area (Å²) < 4.78 is 0. The van der Waals surface area contributed by atoms with E-state index in [9.17, 15) is 0 Å². The smallest absolute Gasteiger partial charge is 0.0119 e. The molecule has 0 saturated carbocycles. The lowest BCUT2D eigenvalue weighted by molar-refractivity contribution is 0.101. The molecular formula is C13H28N2. The maximum absolute atomic E-state index is 2.62. The molecule has 90 valence electrons. The van der Waals surface area contributed by atoms with Crippen molar-refractivity contribution in [2.75, 3.05) is 26.7 Å². The van der Waals surface area contributed by atoms with Crippen LogP contribution >= 0.6 is 0 Å². The fourth-order valence-electron chi connectivity index (χ4n) is 2.45. The number of piperidine rings is 1. The largest absolute Gasteiger partial charge is 0.303 e. The molecule has 0 N–H and O–H groups in total. The van der Waals surface area contributed by atoms with E-state index in [0.717, 1.165) is 12.0 Å². The molecule has 15 heavy (non-hydrogen) atoms. The van der Waals surface area contributed by atoms with E-state index >= 15 is 0 Å². The predicted octanol–water partition coefficient (Wildman–Crippen LogP) is 2.45. The summed E-state index contributed by atoms with van der Waals surface area (Å²) in [6.07, 6.45) is 2.70. The first-order chi connectivity index (χ1) is 7.00. The molecule has 0 bridgehead atoms. The van der Waals surface area contributed by atoms with Gasteiger partial charge in [-0.25, -0.2) is 0 Å². The Hall–Kier alpha value is -0.0800. The molecule has 0 aromatic rings. The molecule has 1 rings (SSSR count). The Bertz CT molecular complexity index is 169. The summed E-state index contributed by atoms with van der Waals surface area (Å²) in [5.41, 5.74) is 0. The normalized spacial score (nSPS) is 20.8. The quantitative estimate of drug-likeness (QED) is 0.706. The van der Waals surface area contributed by atoms with Crippen LogP contribution in [0.3, 0.4) is 0 Å². The van der Waals surface area contributed by atoms with Crippen LogP contribution in [0.1, 0.15) is 40.5 Å². The van der Waals surface area contributed by atoms with Crippen LogP contribution in [0.5, 0.6) is 0 Å². The third-order valence-corrected chi connectivity index (χ3v) is 3.57. The molecule has 2 nitrogen and oxygen atoms in total. The molecule has 0 aliphatic carbocycles. The second kappa shape index (κ2) is 5.86. The van der Waals surface area contributed by atoms with Crippen LogP contribution in [0.25, 0.3) is 0 Å². The lowest BCUT2D eigenvalue weighted by Gasteiger charge is -2.39. The van der Waals surface area contributed by atoms with Crippen molar-refractivity contribution in [1.29, 1.82) is 0 Å². The van der Waals surface area contributed by atoms with Crippen molar-refractivity contribution in [3.63, 3.8) is 0 Å². The van der Waals surface area contributed by atoms with Gasteiger partial charge in [0, 0.05) is 18.6 Å². The van der Waals surface area contributed by atoms with E-state index in [1.807, 2.05) is 0 Å². The van der Waals surface area contributed by atoms with Gasteiger partial charge in [-0.2, -0.15) is 0 Å². The Labute approximate surface area is 95.6 Å². The van der Waals surface area contributed by atoms with Gasteiger partial charge in [-0.3, -0.25) is 0 Å². The van der Waals surface area contributed by atoms with E-state index in [1.54, 1.807) is 0 Å². The second-order valence-electron chi connectivity index (χ2n) is 5.68. The highest BCUT2D eigenvalue weighted by Gasteiger charge is 2.23. The summed E-state index contributed by atoms with van der Waals surface area (Å²) >= 11 is 0. The monoisotopic (exact) mass is 212 g/mol. The minimum atomic E-state index is 0.687. The molecule has 1 heterocycles. The third-order valence-electron chi connectivity index (χ3n) is 3.57. The molecular weight excluding hydrogens is 184 g/mol. The van der Waals surface area contributed by atoms with Gasteiger partial charge in [0.05, 0.1) is 0 Å². The van der Waals surface area contributed by atoms with Crippen LogP contribution in [0.2, 0.25) is 0 Å². The molecule has 0 unspecified atom stereocenters. The molecule has 2 heteroatoms. The van der Waals surface area contributed by atoms with Gasteiger partial charge < -0.3 is 9.80 Å². The van der Waals surface area contributed by atoms with Crippen molar-refractivity contribution in [1.82, 2.24) is 9.80 Å². The van der Waals surface area contributed by atoms with Gasteiger partial charge in [0.25, 0.3) is 0 Å². The Morgan fingerprint density at radius 1 is 1.13 bits per heavy atom. The van der Waals surface area contributed by atoms with E-state index in [0.29, 0.717) is 6.04 Å². The summed E-state index contributed by atoms with van der Waals surface area (Å²) in [6, 6.07) is 1.50. The lowest BCUT2D eigenvalue weighted by Crippen LogP contribution is -2.46. The number of hydrogen-bond donors (Lipinski definition) is 0. The Balaban J connectivity index is 2.29. The fourth-order valence-corrected chi connectivity index (χ4v) is 2.45. The molecule has 0 radical (unpaired) electrons. The van der Waals surface area contributed by atoms with E-state index in [1.165, 1.54) is 32.5 Å². The molecule has 0 aromatic carbocycles. The fraction of sp³-hybridized carbons (Fsp3) is 1.00. The van der Waals surface area contributed by atoms with Crippen molar-refractivity contribution in [3.05, 3.63) is 0 Å². The molecule has 0 atom stereocenters. The molecule has 0 spiro atoms. The maximum atomic E-state index is 2.62. The van der Waals surface area contributed by atoms with Crippen LogP contribution in [-0.4, -0.2) is 48.6 Å². The van der Waals surface area contributed by atoms with E-state index in [4.69, 9.17) is 0 Å². The highest BCUT2D eigenvalue weighted by molar-refractivity contribution is 4.79. The van der Waals surface area contributed by atoms with E-state index in [2.05, 4.69) is 44.5 Å². The van der Waals surface area contributed by atoms with Gasteiger partial charge in [0.1, 0.15) is 0 Å². The van der Waals surface area contributed by atoms with E-state index in [-0.39, 0.29) is 0 Å². The summed E-state index contributed by atoms with van der Waals surface area (Å²) in [5, 5.41) is 0. The topological polar surface area (TPSA) is 6.48 Å². The highest BCUT2D eigenvalue weighted by atomic mass is 15.2. The van der Waals surface area contributed by atoms with Crippen LogP contribution in [0.15, 0.2) is 0 Å². The lowest BCUT2D eigenvalue weighted by atomic mass is 10.0. The van der Waals surface area contributed by atoms with E-state index < -0.39 is 0 Å². The number of hydrogen-bond acceptors (Lipinski definition) is 2. The van der Waals surface area contributed by atoms with Gasteiger partial charge in [-0.15, -0.1) is 0 Å². The summed E-state index contributed by atoms with van der Waals surface area (Å²) in [4.78, 5) is 5.15. The molecule has 0 amide bonds. The van der Waals surface area contributed by atoms with Crippen molar-refractivity contribution < 1.29 is 0 Å².